The van der Waals surface area contributed by atoms with Gasteiger partial charge in [-0.05, 0) is 18.6 Å². The first kappa shape index (κ1) is 16.2. The zero-order valence-electron chi connectivity index (χ0n) is 14.7. The average molecular weight is 366 g/mol. The largest absolute Gasteiger partial charge is 0.360 e. The van der Waals surface area contributed by atoms with Gasteiger partial charge in [0.05, 0.1) is 24.5 Å². The molecule has 0 aromatic carbocycles. The standard InChI is InChI=1S/C19H18N4O4/c1-11-7-14(22-27-11)23-10-19-5-4-13(26-19)15(16(19)18(23)25)17(24)21-9-12-3-2-6-20-8-12/h2-8,13,15-16H,9-10H2,1H3,(H,21,24)/t13-,15-,16-,19+/m1/s1. The molecule has 2 aromatic rings. The van der Waals surface area contributed by atoms with Crippen molar-refractivity contribution >= 4 is 17.6 Å². The molecule has 1 N–H and O–H groups in total. The van der Waals surface area contributed by atoms with Gasteiger partial charge in [0.1, 0.15) is 11.4 Å². The summed E-state index contributed by atoms with van der Waals surface area (Å²) in [5.74, 6) is -0.381. The number of pyridine rings is 1. The fourth-order valence-electron chi connectivity index (χ4n) is 4.28. The molecule has 5 rings (SSSR count). The van der Waals surface area contributed by atoms with Crippen LogP contribution in [0.1, 0.15) is 11.3 Å². The van der Waals surface area contributed by atoms with Crippen molar-refractivity contribution in [3.8, 4) is 0 Å². The number of hydrogen-bond donors (Lipinski definition) is 1. The van der Waals surface area contributed by atoms with E-state index < -0.39 is 17.4 Å². The molecule has 0 unspecified atom stereocenters. The van der Waals surface area contributed by atoms with Gasteiger partial charge in [0.25, 0.3) is 0 Å². The minimum Gasteiger partial charge on any atom is -0.360 e. The molecule has 0 radical (unpaired) electrons. The van der Waals surface area contributed by atoms with Gasteiger partial charge >= 0.3 is 0 Å². The molecule has 2 fully saturated rings. The number of ether oxygens (including phenoxy) is 1. The van der Waals surface area contributed by atoms with Gasteiger partial charge in [0, 0.05) is 25.0 Å². The Labute approximate surface area is 155 Å². The number of carbonyl (C=O) groups excluding carboxylic acids is 2. The summed E-state index contributed by atoms with van der Waals surface area (Å²) in [6.45, 7) is 2.47. The number of amides is 2. The van der Waals surface area contributed by atoms with Crippen LogP contribution in [0.5, 0.6) is 0 Å². The van der Waals surface area contributed by atoms with Crippen LogP contribution in [-0.4, -0.2) is 40.2 Å². The Kier molecular flexibility index (Phi) is 3.45. The van der Waals surface area contributed by atoms with E-state index in [2.05, 4.69) is 15.5 Å². The SMILES string of the molecule is Cc1cc(N2C[C@]34C=C[C@@H](O3)[C@@H](C(=O)NCc3cccnc3)[C@@H]4C2=O)no1. The van der Waals surface area contributed by atoms with Crippen molar-refractivity contribution in [1.82, 2.24) is 15.5 Å². The number of rotatable bonds is 4. The van der Waals surface area contributed by atoms with Crippen molar-refractivity contribution in [2.75, 3.05) is 11.4 Å². The number of aromatic nitrogens is 2. The van der Waals surface area contributed by atoms with E-state index in [4.69, 9.17) is 9.26 Å². The van der Waals surface area contributed by atoms with Crippen LogP contribution in [0.4, 0.5) is 5.82 Å². The van der Waals surface area contributed by atoms with Crippen LogP contribution in [0.15, 0.2) is 47.3 Å². The predicted molar refractivity (Wildman–Crippen MR) is 93.4 cm³/mol. The number of aryl methyl sites for hydroxylation is 1. The van der Waals surface area contributed by atoms with E-state index >= 15 is 0 Å². The van der Waals surface area contributed by atoms with Gasteiger partial charge in [0.15, 0.2) is 5.82 Å². The van der Waals surface area contributed by atoms with Gasteiger partial charge in [0.2, 0.25) is 11.8 Å². The average Bonchev–Trinajstić information content (AvgIpc) is 3.42. The second kappa shape index (κ2) is 5.75. The number of hydrogen-bond acceptors (Lipinski definition) is 6. The summed E-state index contributed by atoms with van der Waals surface area (Å²) in [4.78, 5) is 31.6. The monoisotopic (exact) mass is 366 g/mol. The lowest BCUT2D eigenvalue weighted by atomic mass is 9.77. The highest BCUT2D eigenvalue weighted by molar-refractivity contribution is 6.02. The third-order valence-corrected chi connectivity index (χ3v) is 5.48. The fraction of sp³-hybridized carbons (Fsp3) is 0.368. The normalized spacial score (nSPS) is 30.8. The smallest absolute Gasteiger partial charge is 0.235 e. The second-order valence-electron chi connectivity index (χ2n) is 7.20. The zero-order chi connectivity index (χ0) is 18.6. The summed E-state index contributed by atoms with van der Waals surface area (Å²) in [6, 6.07) is 5.42. The molecule has 8 heteroatoms. The van der Waals surface area contributed by atoms with E-state index in [9.17, 15) is 9.59 Å². The highest BCUT2D eigenvalue weighted by atomic mass is 16.5. The maximum atomic E-state index is 13.1. The molecule has 3 aliphatic rings. The molecule has 138 valence electrons. The molecule has 2 amide bonds. The molecule has 27 heavy (non-hydrogen) atoms. The second-order valence-corrected chi connectivity index (χ2v) is 7.20. The Bertz CT molecular complexity index is 940. The van der Waals surface area contributed by atoms with Crippen LogP contribution in [0, 0.1) is 18.8 Å². The molecule has 2 bridgehead atoms. The predicted octanol–water partition coefficient (Wildman–Crippen LogP) is 0.981. The summed E-state index contributed by atoms with van der Waals surface area (Å²) in [5.41, 5.74) is 0.128. The lowest BCUT2D eigenvalue weighted by Gasteiger charge is -2.23. The minimum absolute atomic E-state index is 0.156. The molecular weight excluding hydrogens is 348 g/mol. The van der Waals surface area contributed by atoms with Crippen LogP contribution >= 0.6 is 0 Å². The topological polar surface area (TPSA) is 97.6 Å². The third-order valence-electron chi connectivity index (χ3n) is 5.48. The van der Waals surface area contributed by atoms with Crippen LogP contribution in [0.2, 0.25) is 0 Å². The zero-order valence-corrected chi connectivity index (χ0v) is 14.7. The Balaban J connectivity index is 1.38. The van der Waals surface area contributed by atoms with E-state index in [1.165, 1.54) is 0 Å². The Morgan fingerprint density at radius 1 is 1.48 bits per heavy atom. The summed E-state index contributed by atoms with van der Waals surface area (Å²) in [5, 5.41) is 6.86. The van der Waals surface area contributed by atoms with Gasteiger partial charge < -0.3 is 14.6 Å². The first-order chi connectivity index (χ1) is 13.1. The molecule has 2 saturated heterocycles. The van der Waals surface area contributed by atoms with Crippen LogP contribution in [0.25, 0.3) is 0 Å². The van der Waals surface area contributed by atoms with E-state index in [0.29, 0.717) is 24.7 Å². The van der Waals surface area contributed by atoms with Crippen molar-refractivity contribution in [1.29, 1.82) is 0 Å². The Hall–Kier alpha value is -3.00. The van der Waals surface area contributed by atoms with Crippen molar-refractivity contribution in [2.24, 2.45) is 11.8 Å². The maximum Gasteiger partial charge on any atom is 0.235 e. The summed E-state index contributed by atoms with van der Waals surface area (Å²) in [6.07, 6.45) is 6.80. The summed E-state index contributed by atoms with van der Waals surface area (Å²) < 4.78 is 11.2. The molecule has 2 aromatic heterocycles. The third kappa shape index (κ3) is 2.40. The molecule has 4 atom stereocenters. The van der Waals surface area contributed by atoms with Crippen LogP contribution < -0.4 is 10.2 Å². The molecule has 5 heterocycles. The molecule has 0 aliphatic carbocycles. The molecule has 1 spiro atoms. The molecule has 3 aliphatic heterocycles. The van der Waals surface area contributed by atoms with Gasteiger partial charge in [-0.3, -0.25) is 19.5 Å². The van der Waals surface area contributed by atoms with E-state index in [1.807, 2.05) is 24.3 Å². The lowest BCUT2D eigenvalue weighted by molar-refractivity contribution is -0.132. The first-order valence-electron chi connectivity index (χ1n) is 8.86. The van der Waals surface area contributed by atoms with Crippen molar-refractivity contribution in [3.05, 3.63) is 54.1 Å². The van der Waals surface area contributed by atoms with Crippen molar-refractivity contribution in [2.45, 2.75) is 25.2 Å². The van der Waals surface area contributed by atoms with Crippen LogP contribution in [0.3, 0.4) is 0 Å². The van der Waals surface area contributed by atoms with E-state index in [0.717, 1.165) is 5.56 Å². The summed E-state index contributed by atoms with van der Waals surface area (Å²) >= 11 is 0. The Morgan fingerprint density at radius 2 is 2.37 bits per heavy atom. The number of anilines is 1. The Morgan fingerprint density at radius 3 is 3.11 bits per heavy atom. The van der Waals surface area contributed by atoms with Gasteiger partial charge in [-0.2, -0.15) is 0 Å². The lowest BCUT2D eigenvalue weighted by Crippen LogP contribution is -2.44. The van der Waals surface area contributed by atoms with Crippen LogP contribution in [-0.2, 0) is 20.9 Å². The van der Waals surface area contributed by atoms with Crippen molar-refractivity contribution in [3.63, 3.8) is 0 Å². The van der Waals surface area contributed by atoms with E-state index in [-0.39, 0.29) is 17.9 Å². The summed E-state index contributed by atoms with van der Waals surface area (Å²) in [7, 11) is 0. The number of carbonyl (C=O) groups is 2. The van der Waals surface area contributed by atoms with Gasteiger partial charge in [-0.25, -0.2) is 0 Å². The molecule has 0 saturated carbocycles. The van der Waals surface area contributed by atoms with Crippen molar-refractivity contribution < 1.29 is 18.8 Å². The minimum atomic E-state index is -0.773. The highest BCUT2D eigenvalue weighted by Crippen LogP contribution is 2.52. The molecule has 8 nitrogen and oxygen atoms in total. The highest BCUT2D eigenvalue weighted by Gasteiger charge is 2.67. The number of nitrogens with one attached hydrogen (secondary N) is 1. The quantitative estimate of drug-likeness (QED) is 0.810. The number of nitrogens with zero attached hydrogens (tertiary/aromatic N) is 3. The van der Waals surface area contributed by atoms with Gasteiger partial charge in [-0.1, -0.05) is 23.4 Å². The molecular formula is C19H18N4O4. The number of fused-ring (bicyclic) bond motifs is 1. The van der Waals surface area contributed by atoms with E-state index in [1.54, 1.807) is 30.3 Å². The fourth-order valence-corrected chi connectivity index (χ4v) is 4.28. The maximum absolute atomic E-state index is 13.1. The van der Waals surface area contributed by atoms with Gasteiger partial charge in [-0.15, -0.1) is 0 Å². The first-order valence-corrected chi connectivity index (χ1v) is 8.86.